The minimum absolute atomic E-state index is 0.469. The van der Waals surface area contributed by atoms with Gasteiger partial charge in [0.05, 0.1) is 0 Å². The van der Waals surface area contributed by atoms with Gasteiger partial charge >= 0.3 is 0 Å². The second-order valence-corrected chi connectivity index (χ2v) is 6.26. The Kier molecular flexibility index (Phi) is 2.04. The van der Waals surface area contributed by atoms with Crippen LogP contribution in [-0.4, -0.2) is 6.04 Å². The van der Waals surface area contributed by atoms with Gasteiger partial charge in [0.15, 0.2) is 0 Å². The summed E-state index contributed by atoms with van der Waals surface area (Å²) in [6, 6.07) is 0.485. The van der Waals surface area contributed by atoms with Crippen molar-refractivity contribution in [3.05, 3.63) is 12.2 Å². The van der Waals surface area contributed by atoms with E-state index in [0.29, 0.717) is 17.4 Å². The van der Waals surface area contributed by atoms with E-state index >= 15 is 0 Å². The lowest BCUT2D eigenvalue weighted by Gasteiger charge is -2.49. The van der Waals surface area contributed by atoms with Gasteiger partial charge in [-0.05, 0) is 54.8 Å². The summed E-state index contributed by atoms with van der Waals surface area (Å²) in [5.41, 5.74) is 7.02. The van der Waals surface area contributed by atoms with E-state index in [-0.39, 0.29) is 0 Å². The van der Waals surface area contributed by atoms with Crippen molar-refractivity contribution in [2.45, 2.75) is 45.6 Å². The van der Waals surface area contributed by atoms with E-state index in [0.717, 1.165) is 17.8 Å². The summed E-state index contributed by atoms with van der Waals surface area (Å²) in [6.07, 6.45) is 10.4. The van der Waals surface area contributed by atoms with Gasteiger partial charge in [-0.3, -0.25) is 0 Å². The monoisotopic (exact) mass is 205 g/mol. The molecule has 2 bridgehead atoms. The summed E-state index contributed by atoms with van der Waals surface area (Å²) in [7, 11) is 0. The molecule has 0 radical (unpaired) electrons. The van der Waals surface area contributed by atoms with Crippen LogP contribution in [0.2, 0.25) is 0 Å². The molecule has 5 unspecified atom stereocenters. The first kappa shape index (κ1) is 9.89. The standard InChI is InChI=1S/C14H23N/c1-9-3-4-10(2)14(8-9)12-6-5-11(7-12)13(14)15/h3-4,9-13H,5-8,15H2,1-2H3/t9?,10?,11?,12?,13-,14?/m1/s1. The molecule has 0 amide bonds. The summed E-state index contributed by atoms with van der Waals surface area (Å²) in [4.78, 5) is 0. The zero-order valence-electron chi connectivity index (χ0n) is 9.95. The minimum Gasteiger partial charge on any atom is -0.327 e. The maximum atomic E-state index is 6.55. The third-order valence-corrected chi connectivity index (χ3v) is 5.61. The molecule has 1 spiro atoms. The Morgan fingerprint density at radius 2 is 2.00 bits per heavy atom. The Morgan fingerprint density at radius 1 is 1.20 bits per heavy atom. The molecule has 3 rings (SSSR count). The normalized spacial score (nSPS) is 57.9. The second kappa shape index (κ2) is 3.10. The molecule has 0 aromatic carbocycles. The van der Waals surface area contributed by atoms with Crippen LogP contribution in [0.25, 0.3) is 0 Å². The lowest BCUT2D eigenvalue weighted by molar-refractivity contribution is 0.0534. The van der Waals surface area contributed by atoms with Gasteiger partial charge < -0.3 is 5.73 Å². The molecule has 2 saturated carbocycles. The third kappa shape index (κ3) is 1.13. The van der Waals surface area contributed by atoms with Gasteiger partial charge in [-0.1, -0.05) is 26.0 Å². The molecule has 0 heterocycles. The molecule has 84 valence electrons. The topological polar surface area (TPSA) is 26.0 Å². The zero-order chi connectivity index (χ0) is 10.6. The molecule has 3 aliphatic carbocycles. The van der Waals surface area contributed by atoms with Gasteiger partial charge in [0.25, 0.3) is 0 Å². The quantitative estimate of drug-likeness (QED) is 0.605. The SMILES string of the molecule is CC1C=CC(C)C2(C1)C1CCC(C1)[C@H]2N. The maximum absolute atomic E-state index is 6.55. The Labute approximate surface area is 93.1 Å². The highest BCUT2D eigenvalue weighted by Crippen LogP contribution is 2.62. The molecule has 3 aliphatic rings. The van der Waals surface area contributed by atoms with E-state index in [1.165, 1.54) is 25.7 Å². The first-order valence-corrected chi connectivity index (χ1v) is 6.58. The number of nitrogens with two attached hydrogens (primary N) is 1. The van der Waals surface area contributed by atoms with E-state index in [9.17, 15) is 0 Å². The van der Waals surface area contributed by atoms with Crippen LogP contribution in [0.15, 0.2) is 12.2 Å². The van der Waals surface area contributed by atoms with E-state index in [1.54, 1.807) is 0 Å². The molecule has 6 atom stereocenters. The highest BCUT2D eigenvalue weighted by atomic mass is 14.8. The van der Waals surface area contributed by atoms with Crippen LogP contribution >= 0.6 is 0 Å². The van der Waals surface area contributed by atoms with E-state index in [2.05, 4.69) is 26.0 Å². The largest absolute Gasteiger partial charge is 0.327 e. The molecular formula is C14H23N. The van der Waals surface area contributed by atoms with Gasteiger partial charge in [-0.2, -0.15) is 0 Å². The van der Waals surface area contributed by atoms with Crippen molar-refractivity contribution in [2.24, 2.45) is 34.8 Å². The van der Waals surface area contributed by atoms with Crippen molar-refractivity contribution >= 4 is 0 Å². The summed E-state index contributed by atoms with van der Waals surface area (Å²) in [6.45, 7) is 4.74. The predicted octanol–water partition coefficient (Wildman–Crippen LogP) is 2.96. The molecule has 0 aliphatic heterocycles. The minimum atomic E-state index is 0.469. The summed E-state index contributed by atoms with van der Waals surface area (Å²) >= 11 is 0. The molecule has 2 N–H and O–H groups in total. The fourth-order valence-electron chi connectivity index (χ4n) is 4.87. The van der Waals surface area contributed by atoms with Gasteiger partial charge in [0.1, 0.15) is 0 Å². The number of allylic oxidation sites excluding steroid dienone is 2. The van der Waals surface area contributed by atoms with E-state index in [4.69, 9.17) is 5.73 Å². The molecule has 1 nitrogen and oxygen atoms in total. The molecule has 0 saturated heterocycles. The highest BCUT2D eigenvalue weighted by molar-refractivity contribution is 5.17. The zero-order valence-corrected chi connectivity index (χ0v) is 9.95. The fraction of sp³-hybridized carbons (Fsp3) is 0.857. The van der Waals surface area contributed by atoms with Crippen molar-refractivity contribution in [1.82, 2.24) is 0 Å². The van der Waals surface area contributed by atoms with Gasteiger partial charge in [-0.15, -0.1) is 0 Å². The predicted molar refractivity (Wildman–Crippen MR) is 63.3 cm³/mol. The van der Waals surface area contributed by atoms with E-state index in [1.807, 2.05) is 0 Å². The number of hydrogen-bond donors (Lipinski definition) is 1. The summed E-state index contributed by atoms with van der Waals surface area (Å²) in [5.74, 6) is 3.22. The Balaban J connectivity index is 1.99. The maximum Gasteiger partial charge on any atom is 0.0132 e. The molecular weight excluding hydrogens is 182 g/mol. The third-order valence-electron chi connectivity index (χ3n) is 5.61. The highest BCUT2D eigenvalue weighted by Gasteiger charge is 2.58. The average Bonchev–Trinajstić information content (AvgIpc) is 2.77. The first-order valence-electron chi connectivity index (χ1n) is 6.58. The van der Waals surface area contributed by atoms with Crippen LogP contribution < -0.4 is 5.73 Å². The van der Waals surface area contributed by atoms with Gasteiger partial charge in [-0.25, -0.2) is 0 Å². The van der Waals surface area contributed by atoms with Crippen molar-refractivity contribution in [3.63, 3.8) is 0 Å². The van der Waals surface area contributed by atoms with Crippen LogP contribution in [0.5, 0.6) is 0 Å². The lowest BCUT2D eigenvalue weighted by atomic mass is 9.57. The number of hydrogen-bond acceptors (Lipinski definition) is 1. The first-order chi connectivity index (χ1) is 7.14. The fourth-order valence-corrected chi connectivity index (χ4v) is 4.87. The van der Waals surface area contributed by atoms with Crippen LogP contribution in [0, 0.1) is 29.1 Å². The molecule has 0 aromatic rings. The number of rotatable bonds is 0. The second-order valence-electron chi connectivity index (χ2n) is 6.26. The molecule has 15 heavy (non-hydrogen) atoms. The van der Waals surface area contributed by atoms with Crippen molar-refractivity contribution in [2.75, 3.05) is 0 Å². The Morgan fingerprint density at radius 3 is 2.67 bits per heavy atom. The van der Waals surface area contributed by atoms with E-state index < -0.39 is 0 Å². The molecule has 2 fully saturated rings. The number of fused-ring (bicyclic) bond motifs is 3. The summed E-state index contributed by atoms with van der Waals surface area (Å²) < 4.78 is 0. The van der Waals surface area contributed by atoms with Gasteiger partial charge in [0, 0.05) is 6.04 Å². The molecule has 1 heteroatoms. The Bertz CT molecular complexity index is 292. The van der Waals surface area contributed by atoms with Crippen LogP contribution in [0.3, 0.4) is 0 Å². The Hall–Kier alpha value is -0.300. The molecule has 0 aromatic heterocycles. The van der Waals surface area contributed by atoms with Crippen LogP contribution in [-0.2, 0) is 0 Å². The van der Waals surface area contributed by atoms with Crippen molar-refractivity contribution in [1.29, 1.82) is 0 Å². The lowest BCUT2D eigenvalue weighted by Crippen LogP contribution is -2.51. The van der Waals surface area contributed by atoms with Crippen LogP contribution in [0.1, 0.15) is 39.5 Å². The van der Waals surface area contributed by atoms with Crippen LogP contribution in [0.4, 0.5) is 0 Å². The van der Waals surface area contributed by atoms with Crippen molar-refractivity contribution in [3.8, 4) is 0 Å². The average molecular weight is 205 g/mol. The smallest absolute Gasteiger partial charge is 0.0132 e. The van der Waals surface area contributed by atoms with Crippen molar-refractivity contribution < 1.29 is 0 Å². The summed E-state index contributed by atoms with van der Waals surface area (Å²) in [5, 5.41) is 0. The van der Waals surface area contributed by atoms with Gasteiger partial charge in [0.2, 0.25) is 0 Å².